The van der Waals surface area contributed by atoms with Crippen LogP contribution >= 0.6 is 0 Å². The molecule has 4 heteroatoms. The molecule has 2 heterocycles. The van der Waals surface area contributed by atoms with E-state index in [1.54, 1.807) is 0 Å². The van der Waals surface area contributed by atoms with Crippen LogP contribution < -0.4 is 5.32 Å². The summed E-state index contributed by atoms with van der Waals surface area (Å²) in [5, 5.41) is 7.89. The van der Waals surface area contributed by atoms with Gasteiger partial charge in [0.05, 0.1) is 6.20 Å². The van der Waals surface area contributed by atoms with Gasteiger partial charge in [-0.3, -0.25) is 4.68 Å². The van der Waals surface area contributed by atoms with Crippen LogP contribution in [-0.4, -0.2) is 29.0 Å². The lowest BCUT2D eigenvalue weighted by molar-refractivity contribution is 0.0776. The van der Waals surface area contributed by atoms with Crippen molar-refractivity contribution in [2.24, 2.45) is 0 Å². The van der Waals surface area contributed by atoms with Gasteiger partial charge in [-0.2, -0.15) is 5.10 Å². The van der Waals surface area contributed by atoms with Crippen molar-refractivity contribution in [2.45, 2.75) is 45.3 Å². The number of ether oxygens (including phenoxy) is 1. The summed E-state index contributed by atoms with van der Waals surface area (Å²) in [6.07, 6.45) is 6.32. The van der Waals surface area contributed by atoms with Gasteiger partial charge in [0.25, 0.3) is 0 Å². The van der Waals surface area contributed by atoms with Gasteiger partial charge in [-0.15, -0.1) is 0 Å². The summed E-state index contributed by atoms with van der Waals surface area (Å²) in [4.78, 5) is 0. The molecule has 0 bridgehead atoms. The molecule has 0 unspecified atom stereocenters. The van der Waals surface area contributed by atoms with Gasteiger partial charge in [0.15, 0.2) is 0 Å². The molecule has 16 heavy (non-hydrogen) atoms. The first-order valence-electron chi connectivity index (χ1n) is 6.10. The number of aromatic nitrogens is 2. The van der Waals surface area contributed by atoms with Crippen LogP contribution in [0, 0.1) is 0 Å². The molecule has 1 aliphatic heterocycles. The van der Waals surface area contributed by atoms with Crippen molar-refractivity contribution < 1.29 is 4.74 Å². The lowest BCUT2D eigenvalue weighted by atomic mass is 10.1. The first-order valence-corrected chi connectivity index (χ1v) is 6.10. The maximum atomic E-state index is 5.33. The minimum Gasteiger partial charge on any atom is -0.381 e. The van der Waals surface area contributed by atoms with Crippen molar-refractivity contribution in [1.82, 2.24) is 15.1 Å². The van der Waals surface area contributed by atoms with Crippen molar-refractivity contribution in [3.63, 3.8) is 0 Å². The highest BCUT2D eigenvalue weighted by molar-refractivity contribution is 5.04. The molecule has 2 rings (SSSR count). The lowest BCUT2D eigenvalue weighted by Gasteiger charge is -2.22. The highest BCUT2D eigenvalue weighted by Crippen LogP contribution is 2.09. The lowest BCUT2D eigenvalue weighted by Crippen LogP contribution is -2.34. The highest BCUT2D eigenvalue weighted by Gasteiger charge is 2.13. The average molecular weight is 223 g/mol. The van der Waals surface area contributed by atoms with Crippen LogP contribution in [0.2, 0.25) is 0 Å². The van der Waals surface area contributed by atoms with Crippen molar-refractivity contribution in [3.8, 4) is 0 Å². The predicted molar refractivity (Wildman–Crippen MR) is 63.3 cm³/mol. The van der Waals surface area contributed by atoms with Crippen LogP contribution in [0.4, 0.5) is 0 Å². The molecule has 0 spiro atoms. The van der Waals surface area contributed by atoms with Crippen molar-refractivity contribution in [3.05, 3.63) is 18.0 Å². The monoisotopic (exact) mass is 223 g/mol. The Kier molecular flexibility index (Phi) is 3.96. The van der Waals surface area contributed by atoms with E-state index >= 15 is 0 Å². The van der Waals surface area contributed by atoms with E-state index in [0.717, 1.165) is 32.6 Å². The number of nitrogens with zero attached hydrogens (tertiary/aromatic N) is 2. The fourth-order valence-corrected chi connectivity index (χ4v) is 1.91. The van der Waals surface area contributed by atoms with Gasteiger partial charge < -0.3 is 10.1 Å². The predicted octanol–water partition coefficient (Wildman–Crippen LogP) is 1.73. The fraction of sp³-hybridized carbons (Fsp3) is 0.750. The van der Waals surface area contributed by atoms with Crippen LogP contribution in [-0.2, 0) is 11.3 Å². The third-order valence-electron chi connectivity index (χ3n) is 3.00. The van der Waals surface area contributed by atoms with Crippen molar-refractivity contribution in [2.75, 3.05) is 13.2 Å². The Bertz CT molecular complexity index is 316. The van der Waals surface area contributed by atoms with E-state index in [2.05, 4.69) is 30.5 Å². The Morgan fingerprint density at radius 2 is 2.25 bits per heavy atom. The van der Waals surface area contributed by atoms with Gasteiger partial charge >= 0.3 is 0 Å². The molecule has 0 atom stereocenters. The second-order valence-electron chi connectivity index (χ2n) is 4.69. The number of hydrogen-bond acceptors (Lipinski definition) is 3. The third-order valence-corrected chi connectivity index (χ3v) is 3.00. The van der Waals surface area contributed by atoms with Gasteiger partial charge in [0, 0.05) is 43.6 Å². The molecule has 1 aromatic rings. The van der Waals surface area contributed by atoms with Gasteiger partial charge in [0.1, 0.15) is 0 Å². The number of nitrogens with one attached hydrogen (secondary N) is 1. The summed E-state index contributed by atoms with van der Waals surface area (Å²) >= 11 is 0. The second-order valence-corrected chi connectivity index (χ2v) is 4.69. The Hall–Kier alpha value is -0.870. The molecule has 1 aliphatic rings. The standard InChI is InChI=1S/C12H21N3O/c1-10(2)15-9-11(8-14-15)7-13-12-3-5-16-6-4-12/h8-10,12-13H,3-7H2,1-2H3. The normalized spacial score (nSPS) is 18.2. The number of hydrogen-bond donors (Lipinski definition) is 1. The Labute approximate surface area is 97.0 Å². The van der Waals surface area contributed by atoms with Crippen molar-refractivity contribution in [1.29, 1.82) is 0 Å². The van der Waals surface area contributed by atoms with Gasteiger partial charge in [0.2, 0.25) is 0 Å². The van der Waals surface area contributed by atoms with E-state index < -0.39 is 0 Å². The molecule has 0 radical (unpaired) electrons. The molecule has 0 aromatic carbocycles. The maximum absolute atomic E-state index is 5.33. The second kappa shape index (κ2) is 5.46. The van der Waals surface area contributed by atoms with Crippen LogP contribution in [0.1, 0.15) is 38.3 Å². The maximum Gasteiger partial charge on any atom is 0.0534 e. The Morgan fingerprint density at radius 3 is 2.88 bits per heavy atom. The Balaban J connectivity index is 1.79. The molecule has 0 amide bonds. The first-order chi connectivity index (χ1) is 7.75. The molecule has 0 saturated carbocycles. The summed E-state index contributed by atoms with van der Waals surface area (Å²) in [7, 11) is 0. The summed E-state index contributed by atoms with van der Waals surface area (Å²) < 4.78 is 7.33. The Morgan fingerprint density at radius 1 is 1.50 bits per heavy atom. The topological polar surface area (TPSA) is 39.1 Å². The van der Waals surface area contributed by atoms with E-state index in [4.69, 9.17) is 4.74 Å². The fourth-order valence-electron chi connectivity index (χ4n) is 1.91. The van der Waals surface area contributed by atoms with E-state index in [1.807, 2.05) is 10.9 Å². The van der Waals surface area contributed by atoms with Crippen molar-refractivity contribution >= 4 is 0 Å². The zero-order valence-electron chi connectivity index (χ0n) is 10.1. The summed E-state index contributed by atoms with van der Waals surface area (Å²) in [5.74, 6) is 0. The van der Waals surface area contributed by atoms with Crippen LogP contribution in [0.5, 0.6) is 0 Å². The minimum absolute atomic E-state index is 0.442. The molecule has 1 saturated heterocycles. The average Bonchev–Trinajstić information content (AvgIpc) is 2.76. The summed E-state index contributed by atoms with van der Waals surface area (Å²) in [6, 6.07) is 1.05. The molecule has 1 aromatic heterocycles. The summed E-state index contributed by atoms with van der Waals surface area (Å²) in [6.45, 7) is 6.98. The molecule has 90 valence electrons. The van der Waals surface area contributed by atoms with E-state index in [0.29, 0.717) is 12.1 Å². The number of rotatable bonds is 4. The molecule has 1 fully saturated rings. The minimum atomic E-state index is 0.442. The van der Waals surface area contributed by atoms with Crippen LogP contribution in [0.25, 0.3) is 0 Å². The molecular weight excluding hydrogens is 202 g/mol. The summed E-state index contributed by atoms with van der Waals surface area (Å²) in [5.41, 5.74) is 1.26. The largest absolute Gasteiger partial charge is 0.381 e. The van der Waals surface area contributed by atoms with Gasteiger partial charge in [-0.1, -0.05) is 0 Å². The molecular formula is C12H21N3O. The zero-order valence-corrected chi connectivity index (χ0v) is 10.1. The quantitative estimate of drug-likeness (QED) is 0.845. The van der Waals surface area contributed by atoms with Crippen LogP contribution in [0.3, 0.4) is 0 Å². The smallest absolute Gasteiger partial charge is 0.0534 e. The highest BCUT2D eigenvalue weighted by atomic mass is 16.5. The molecule has 1 N–H and O–H groups in total. The first kappa shape index (κ1) is 11.6. The van der Waals surface area contributed by atoms with Gasteiger partial charge in [-0.25, -0.2) is 0 Å². The SMILES string of the molecule is CC(C)n1cc(CNC2CCOCC2)cn1. The van der Waals surface area contributed by atoms with E-state index in [9.17, 15) is 0 Å². The van der Waals surface area contributed by atoms with Gasteiger partial charge in [-0.05, 0) is 26.7 Å². The van der Waals surface area contributed by atoms with E-state index in [1.165, 1.54) is 5.56 Å². The van der Waals surface area contributed by atoms with Crippen LogP contribution in [0.15, 0.2) is 12.4 Å². The third kappa shape index (κ3) is 3.06. The zero-order chi connectivity index (χ0) is 11.4. The van der Waals surface area contributed by atoms with E-state index in [-0.39, 0.29) is 0 Å². The molecule has 4 nitrogen and oxygen atoms in total. The molecule has 0 aliphatic carbocycles.